The van der Waals surface area contributed by atoms with Crippen molar-refractivity contribution in [2.75, 3.05) is 18.1 Å². The van der Waals surface area contributed by atoms with Crippen molar-refractivity contribution >= 4 is 17.7 Å². The first kappa shape index (κ1) is 13.9. The number of para-hydroxylation sites is 2. The topological polar surface area (TPSA) is 60.4 Å². The van der Waals surface area contributed by atoms with E-state index in [2.05, 4.69) is 4.99 Å². The summed E-state index contributed by atoms with van der Waals surface area (Å²) in [5, 5.41) is 0. The van der Waals surface area contributed by atoms with E-state index in [1.165, 1.54) is 0 Å². The number of hydrogen-bond donors (Lipinski definition) is 0. The molecule has 6 nitrogen and oxygen atoms in total. The van der Waals surface area contributed by atoms with Crippen molar-refractivity contribution in [2.24, 2.45) is 4.99 Å². The zero-order valence-corrected chi connectivity index (χ0v) is 12.1. The van der Waals surface area contributed by atoms with Crippen molar-refractivity contribution in [3.8, 4) is 5.75 Å². The third-order valence-corrected chi connectivity index (χ3v) is 3.43. The van der Waals surface area contributed by atoms with Crippen LogP contribution in [0.4, 0.5) is 5.69 Å². The summed E-state index contributed by atoms with van der Waals surface area (Å²) in [6.07, 6.45) is 0.175. The van der Waals surface area contributed by atoms with E-state index in [0.29, 0.717) is 25.7 Å². The predicted octanol–water partition coefficient (Wildman–Crippen LogP) is 1.94. The highest BCUT2D eigenvalue weighted by Crippen LogP contribution is 2.39. The van der Waals surface area contributed by atoms with Gasteiger partial charge in [-0.2, -0.15) is 0 Å². The lowest BCUT2D eigenvalue weighted by atomic mass is 10.1. The first-order valence-electron chi connectivity index (χ1n) is 7.16. The van der Waals surface area contributed by atoms with Crippen LogP contribution < -0.4 is 9.64 Å². The predicted molar refractivity (Wildman–Crippen MR) is 77.4 cm³/mol. The zero-order valence-electron chi connectivity index (χ0n) is 12.1. The minimum absolute atomic E-state index is 0.277. The number of amidine groups is 1. The summed E-state index contributed by atoms with van der Waals surface area (Å²) >= 11 is 0. The van der Waals surface area contributed by atoms with E-state index in [1.54, 1.807) is 6.92 Å². The van der Waals surface area contributed by atoms with Crippen molar-refractivity contribution in [2.45, 2.75) is 32.5 Å². The molecule has 0 amide bonds. The van der Waals surface area contributed by atoms with Crippen LogP contribution in [0.5, 0.6) is 5.75 Å². The van der Waals surface area contributed by atoms with Gasteiger partial charge in [-0.05, 0) is 26.0 Å². The largest absolute Gasteiger partial charge is 0.464 e. The minimum Gasteiger partial charge on any atom is -0.464 e. The number of carbonyl (C=O) groups is 1. The lowest BCUT2D eigenvalue weighted by molar-refractivity contribution is -0.145. The maximum absolute atomic E-state index is 12.0. The highest BCUT2D eigenvalue weighted by atomic mass is 16.6. The highest BCUT2D eigenvalue weighted by molar-refractivity contribution is 6.02. The Kier molecular flexibility index (Phi) is 3.79. The number of rotatable bonds is 4. The monoisotopic (exact) mass is 290 g/mol. The van der Waals surface area contributed by atoms with Crippen LogP contribution in [0.25, 0.3) is 0 Å². The van der Waals surface area contributed by atoms with Crippen LogP contribution in [-0.4, -0.2) is 37.5 Å². The quantitative estimate of drug-likeness (QED) is 0.793. The number of ether oxygens (including phenoxy) is 3. The maximum Gasteiger partial charge on any atom is 0.331 e. The summed E-state index contributed by atoms with van der Waals surface area (Å²) in [6, 6.07) is 7.48. The number of fused-ring (bicyclic) bond motifs is 3. The van der Waals surface area contributed by atoms with Gasteiger partial charge in [0.15, 0.2) is 11.8 Å². The van der Waals surface area contributed by atoms with Gasteiger partial charge >= 0.3 is 12.0 Å². The normalized spacial score (nSPS) is 23.0. The highest BCUT2D eigenvalue weighted by Gasteiger charge is 2.41. The van der Waals surface area contributed by atoms with E-state index in [4.69, 9.17) is 14.2 Å². The van der Waals surface area contributed by atoms with Crippen LogP contribution in [0.1, 0.15) is 20.3 Å². The number of benzene rings is 1. The molecule has 0 unspecified atom stereocenters. The summed E-state index contributed by atoms with van der Waals surface area (Å²) in [6.45, 7) is 4.59. The molecule has 0 aliphatic carbocycles. The third-order valence-electron chi connectivity index (χ3n) is 3.43. The molecule has 1 aromatic carbocycles. The molecule has 2 atom stereocenters. The zero-order chi connectivity index (χ0) is 14.8. The van der Waals surface area contributed by atoms with Crippen molar-refractivity contribution in [1.29, 1.82) is 0 Å². The van der Waals surface area contributed by atoms with Gasteiger partial charge in [0, 0.05) is 13.0 Å². The molecule has 21 heavy (non-hydrogen) atoms. The van der Waals surface area contributed by atoms with Gasteiger partial charge in [-0.1, -0.05) is 12.1 Å². The molecule has 0 saturated carbocycles. The van der Waals surface area contributed by atoms with Gasteiger partial charge in [-0.15, -0.1) is 0 Å². The van der Waals surface area contributed by atoms with Gasteiger partial charge in [0.25, 0.3) is 0 Å². The second-order valence-corrected chi connectivity index (χ2v) is 4.77. The number of aliphatic imine (C=N–C) groups is 1. The fourth-order valence-corrected chi connectivity index (χ4v) is 2.56. The number of anilines is 1. The summed E-state index contributed by atoms with van der Waals surface area (Å²) in [5.41, 5.74) is 0.914. The molecule has 0 saturated heterocycles. The van der Waals surface area contributed by atoms with Crippen molar-refractivity contribution in [3.05, 3.63) is 24.3 Å². The second-order valence-electron chi connectivity index (χ2n) is 4.77. The van der Waals surface area contributed by atoms with Gasteiger partial charge in [0.05, 0.1) is 12.3 Å². The number of carbonyl (C=O) groups excluding carboxylic acids is 1. The number of esters is 1. The molecule has 112 valence electrons. The van der Waals surface area contributed by atoms with E-state index >= 15 is 0 Å². The Bertz CT molecular complexity index is 573. The number of nitrogens with zero attached hydrogens (tertiary/aromatic N) is 2. The Labute approximate surface area is 123 Å². The van der Waals surface area contributed by atoms with E-state index in [0.717, 1.165) is 11.4 Å². The van der Waals surface area contributed by atoms with Gasteiger partial charge in [0.1, 0.15) is 6.23 Å². The van der Waals surface area contributed by atoms with Crippen LogP contribution in [0.3, 0.4) is 0 Å². The Morgan fingerprint density at radius 2 is 2.19 bits per heavy atom. The Morgan fingerprint density at radius 1 is 1.38 bits per heavy atom. The molecule has 0 radical (unpaired) electrons. The molecule has 2 heterocycles. The van der Waals surface area contributed by atoms with Crippen LogP contribution in [0.15, 0.2) is 29.3 Å². The molecule has 3 rings (SSSR count). The average Bonchev–Trinajstić information content (AvgIpc) is 2.86. The standard InChI is InChI=1S/C15H18N2O4/c1-3-19-13-9-10(14(18)20-4-2)16-15-17(13)11-7-5-6-8-12(11)21-15/h5-8,10,13H,3-4,9H2,1-2H3/t10-,13-/m1/s1. The Hall–Kier alpha value is -2.08. The van der Waals surface area contributed by atoms with Crippen LogP contribution in [0, 0.1) is 0 Å². The van der Waals surface area contributed by atoms with Crippen molar-refractivity contribution in [1.82, 2.24) is 0 Å². The third kappa shape index (κ3) is 2.47. The van der Waals surface area contributed by atoms with Gasteiger partial charge in [-0.3, -0.25) is 4.90 Å². The molecule has 0 spiro atoms. The first-order chi connectivity index (χ1) is 10.2. The van der Waals surface area contributed by atoms with Crippen molar-refractivity contribution < 1.29 is 19.0 Å². The Balaban J connectivity index is 1.93. The maximum atomic E-state index is 12.0. The summed E-state index contributed by atoms with van der Waals surface area (Å²) < 4.78 is 16.6. The van der Waals surface area contributed by atoms with Crippen molar-refractivity contribution in [3.63, 3.8) is 0 Å². The van der Waals surface area contributed by atoms with Crippen LogP contribution in [-0.2, 0) is 14.3 Å². The summed E-state index contributed by atoms with van der Waals surface area (Å²) in [4.78, 5) is 18.2. The fourth-order valence-electron chi connectivity index (χ4n) is 2.56. The molecular weight excluding hydrogens is 272 g/mol. The second kappa shape index (κ2) is 5.73. The lowest BCUT2D eigenvalue weighted by Crippen LogP contribution is -2.49. The molecule has 2 aliphatic rings. The van der Waals surface area contributed by atoms with Crippen LogP contribution >= 0.6 is 0 Å². The van der Waals surface area contributed by atoms with Gasteiger partial charge < -0.3 is 14.2 Å². The van der Waals surface area contributed by atoms with Crippen LogP contribution in [0.2, 0.25) is 0 Å². The molecular formula is C15H18N2O4. The lowest BCUT2D eigenvalue weighted by Gasteiger charge is -2.33. The van der Waals surface area contributed by atoms with E-state index in [1.807, 2.05) is 36.1 Å². The molecule has 6 heteroatoms. The molecule has 2 aliphatic heterocycles. The fraction of sp³-hybridized carbons (Fsp3) is 0.467. The van der Waals surface area contributed by atoms with Gasteiger partial charge in [-0.25, -0.2) is 9.79 Å². The molecule has 0 N–H and O–H groups in total. The average molecular weight is 290 g/mol. The number of hydrogen-bond acceptors (Lipinski definition) is 6. The van der Waals surface area contributed by atoms with E-state index in [-0.39, 0.29) is 12.2 Å². The molecule has 0 bridgehead atoms. The Morgan fingerprint density at radius 3 is 2.95 bits per heavy atom. The van der Waals surface area contributed by atoms with Gasteiger partial charge in [0.2, 0.25) is 0 Å². The smallest absolute Gasteiger partial charge is 0.331 e. The van der Waals surface area contributed by atoms with E-state index < -0.39 is 6.04 Å². The first-order valence-corrected chi connectivity index (χ1v) is 7.16. The van der Waals surface area contributed by atoms with E-state index in [9.17, 15) is 4.79 Å². The SMILES string of the molecule is CCOC(=O)[C@H]1C[C@@H](OCC)N2C(=N1)Oc1ccccc12. The summed E-state index contributed by atoms with van der Waals surface area (Å²) in [7, 11) is 0. The molecule has 0 fully saturated rings. The molecule has 0 aromatic heterocycles. The summed E-state index contributed by atoms with van der Waals surface area (Å²) in [5.74, 6) is 0.388. The minimum atomic E-state index is -0.581. The molecule has 1 aromatic rings.